The van der Waals surface area contributed by atoms with Crippen LogP contribution in [0.5, 0.6) is 0 Å². The van der Waals surface area contributed by atoms with Crippen molar-refractivity contribution in [3.63, 3.8) is 0 Å². The lowest BCUT2D eigenvalue weighted by Crippen LogP contribution is -2.54. The first-order chi connectivity index (χ1) is 20.3. The van der Waals surface area contributed by atoms with Gasteiger partial charge >= 0.3 is 0 Å². The summed E-state index contributed by atoms with van der Waals surface area (Å²) in [7, 11) is 3.99. The van der Waals surface area contributed by atoms with Crippen molar-refractivity contribution < 1.29 is 19.2 Å². The van der Waals surface area contributed by atoms with E-state index in [0.29, 0.717) is 17.9 Å². The molecule has 1 atom stereocenters. The number of hydrogen-bond acceptors (Lipinski definition) is 8. The van der Waals surface area contributed by atoms with Crippen molar-refractivity contribution in [3.8, 4) is 11.3 Å². The van der Waals surface area contributed by atoms with Crippen LogP contribution in [-0.2, 0) is 9.59 Å². The average molecular weight is 568 g/mol. The second kappa shape index (κ2) is 10.1. The molecule has 0 bridgehead atoms. The highest BCUT2D eigenvalue weighted by molar-refractivity contribution is 6.23. The molecule has 4 amide bonds. The number of anilines is 2. The van der Waals surface area contributed by atoms with E-state index in [2.05, 4.69) is 27.6 Å². The van der Waals surface area contributed by atoms with E-state index >= 15 is 0 Å². The van der Waals surface area contributed by atoms with Gasteiger partial charge in [0.1, 0.15) is 11.9 Å². The highest BCUT2D eigenvalue weighted by Crippen LogP contribution is 2.45. The Labute approximate surface area is 243 Å². The molecule has 4 heterocycles. The van der Waals surface area contributed by atoms with Gasteiger partial charge in [0.2, 0.25) is 11.8 Å². The van der Waals surface area contributed by atoms with Crippen LogP contribution in [0.15, 0.2) is 42.6 Å². The number of amides is 4. The summed E-state index contributed by atoms with van der Waals surface area (Å²) >= 11 is 0. The minimum absolute atomic E-state index is 0.0985. The molecular formula is C31H33N7O4. The van der Waals surface area contributed by atoms with Gasteiger partial charge in [-0.3, -0.25) is 34.1 Å². The summed E-state index contributed by atoms with van der Waals surface area (Å²) in [5.41, 5.74) is 4.57. The van der Waals surface area contributed by atoms with E-state index in [4.69, 9.17) is 10.1 Å². The van der Waals surface area contributed by atoms with E-state index in [9.17, 15) is 19.2 Å². The Kier molecular flexibility index (Phi) is 6.32. The Morgan fingerprint density at radius 2 is 1.76 bits per heavy atom. The number of benzene rings is 1. The standard InChI is InChI=1S/C31H33N7O4/c1-36(2)26-5-3-4-24(33-26)23-16-37(35-28(23)18-6-7-18)20-12-17(13-20)15-32-19-8-9-21-22(14-19)31(42)38(30(21)41)25-10-11-27(39)34-29(25)40/h3-5,8-9,14,16-18,20,25,32H,6-7,10-13,15H2,1-2H3,(H,34,39,40)/t17-,20-,25?. The largest absolute Gasteiger partial charge is 0.385 e. The van der Waals surface area contributed by atoms with E-state index in [1.54, 1.807) is 18.2 Å². The molecule has 1 aromatic carbocycles. The molecule has 11 nitrogen and oxygen atoms in total. The number of imide groups is 2. The second-order valence-corrected chi connectivity index (χ2v) is 12.0. The SMILES string of the molecule is CN(C)c1cccc(-c2cn([C@H]3C[C@H](CNc4ccc5c(c4)C(=O)N(C4CCC(=O)NC4=O)C5=O)C3)nc2C2CC2)n1. The zero-order chi connectivity index (χ0) is 29.1. The molecular weight excluding hydrogens is 534 g/mol. The highest BCUT2D eigenvalue weighted by Gasteiger charge is 2.44. The molecule has 7 rings (SSSR count). The molecule has 0 spiro atoms. The summed E-state index contributed by atoms with van der Waals surface area (Å²) in [5.74, 6) is -0.0878. The summed E-state index contributed by atoms with van der Waals surface area (Å²) in [4.78, 5) is 57.8. The van der Waals surface area contributed by atoms with Gasteiger partial charge in [-0.2, -0.15) is 5.10 Å². The van der Waals surface area contributed by atoms with Crippen LogP contribution in [0.25, 0.3) is 11.3 Å². The summed E-state index contributed by atoms with van der Waals surface area (Å²) < 4.78 is 2.13. The molecule has 2 aliphatic heterocycles. The van der Waals surface area contributed by atoms with Crippen LogP contribution in [0, 0.1) is 5.92 Å². The molecule has 42 heavy (non-hydrogen) atoms. The molecule has 1 unspecified atom stereocenters. The lowest BCUT2D eigenvalue weighted by atomic mass is 9.80. The van der Waals surface area contributed by atoms with Gasteiger partial charge in [-0.15, -0.1) is 0 Å². The normalized spacial score (nSPS) is 23.5. The Bertz CT molecular complexity index is 1620. The van der Waals surface area contributed by atoms with Crippen molar-refractivity contribution in [1.82, 2.24) is 25.0 Å². The Morgan fingerprint density at radius 1 is 0.976 bits per heavy atom. The van der Waals surface area contributed by atoms with Crippen LogP contribution in [0.1, 0.15) is 76.9 Å². The third kappa shape index (κ3) is 4.62. The van der Waals surface area contributed by atoms with Gasteiger partial charge in [-0.05, 0) is 68.4 Å². The molecule has 1 saturated heterocycles. The van der Waals surface area contributed by atoms with Crippen LogP contribution in [0.4, 0.5) is 11.5 Å². The molecule has 216 valence electrons. The van der Waals surface area contributed by atoms with Gasteiger partial charge in [0, 0.05) is 50.4 Å². The quantitative estimate of drug-likeness (QED) is 0.397. The predicted molar refractivity (Wildman–Crippen MR) is 155 cm³/mol. The fourth-order valence-electron chi connectivity index (χ4n) is 6.20. The zero-order valence-electron chi connectivity index (χ0n) is 23.7. The number of aromatic nitrogens is 3. The number of pyridine rings is 1. The van der Waals surface area contributed by atoms with Crippen molar-refractivity contribution in [2.45, 2.75) is 56.5 Å². The van der Waals surface area contributed by atoms with Crippen LogP contribution < -0.4 is 15.5 Å². The van der Waals surface area contributed by atoms with Crippen molar-refractivity contribution in [2.75, 3.05) is 30.9 Å². The highest BCUT2D eigenvalue weighted by atomic mass is 16.2. The van der Waals surface area contributed by atoms with Crippen LogP contribution in [-0.4, -0.2) is 70.0 Å². The predicted octanol–water partition coefficient (Wildman–Crippen LogP) is 3.35. The fraction of sp³-hybridized carbons (Fsp3) is 0.419. The minimum atomic E-state index is -0.964. The van der Waals surface area contributed by atoms with Crippen molar-refractivity contribution >= 4 is 35.1 Å². The first-order valence-electron chi connectivity index (χ1n) is 14.6. The molecule has 2 saturated carbocycles. The maximum absolute atomic E-state index is 13.1. The van der Waals surface area contributed by atoms with E-state index in [1.165, 1.54) is 12.8 Å². The van der Waals surface area contributed by atoms with E-state index in [-0.39, 0.29) is 29.9 Å². The van der Waals surface area contributed by atoms with E-state index < -0.39 is 23.8 Å². The zero-order valence-corrected chi connectivity index (χ0v) is 23.7. The first-order valence-corrected chi connectivity index (χ1v) is 14.6. The Hall–Kier alpha value is -4.54. The topological polar surface area (TPSA) is 130 Å². The maximum atomic E-state index is 13.1. The second-order valence-electron chi connectivity index (χ2n) is 12.0. The number of carbonyl (C=O) groups is 4. The number of nitrogens with zero attached hydrogens (tertiary/aromatic N) is 5. The number of fused-ring (bicyclic) bond motifs is 1. The number of rotatable bonds is 8. The molecule has 11 heteroatoms. The third-order valence-corrected chi connectivity index (χ3v) is 8.81. The number of carbonyl (C=O) groups excluding carboxylic acids is 4. The number of hydrogen-bond donors (Lipinski definition) is 2. The van der Waals surface area contributed by atoms with Crippen LogP contribution in [0.3, 0.4) is 0 Å². The maximum Gasteiger partial charge on any atom is 0.262 e. The molecule has 2 aliphatic carbocycles. The smallest absolute Gasteiger partial charge is 0.262 e. The molecule has 3 fully saturated rings. The van der Waals surface area contributed by atoms with Gasteiger partial charge in [0.05, 0.1) is 28.6 Å². The summed E-state index contributed by atoms with van der Waals surface area (Å²) in [6.07, 6.45) is 6.75. The molecule has 0 radical (unpaired) electrons. The number of nitrogens with one attached hydrogen (secondary N) is 2. The van der Waals surface area contributed by atoms with Crippen molar-refractivity contribution in [1.29, 1.82) is 0 Å². The summed E-state index contributed by atoms with van der Waals surface area (Å²) in [6.45, 7) is 0.740. The first kappa shape index (κ1) is 26.4. The monoisotopic (exact) mass is 567 g/mol. The minimum Gasteiger partial charge on any atom is -0.385 e. The lowest BCUT2D eigenvalue weighted by Gasteiger charge is -2.35. The Morgan fingerprint density at radius 3 is 2.50 bits per heavy atom. The lowest BCUT2D eigenvalue weighted by molar-refractivity contribution is -0.136. The van der Waals surface area contributed by atoms with Gasteiger partial charge in [0.25, 0.3) is 11.8 Å². The van der Waals surface area contributed by atoms with E-state index in [1.807, 2.05) is 31.1 Å². The van der Waals surface area contributed by atoms with Crippen molar-refractivity contribution in [2.24, 2.45) is 5.92 Å². The van der Waals surface area contributed by atoms with Crippen molar-refractivity contribution in [3.05, 3.63) is 59.4 Å². The fourth-order valence-corrected chi connectivity index (χ4v) is 6.20. The number of piperidine rings is 1. The average Bonchev–Trinajstić information content (AvgIpc) is 3.66. The summed E-state index contributed by atoms with van der Waals surface area (Å²) in [5, 5.41) is 10.7. The third-order valence-electron chi connectivity index (χ3n) is 8.81. The summed E-state index contributed by atoms with van der Waals surface area (Å²) in [6, 6.07) is 10.6. The molecule has 4 aliphatic rings. The van der Waals surface area contributed by atoms with E-state index in [0.717, 1.165) is 52.7 Å². The Balaban J connectivity index is 0.991. The van der Waals surface area contributed by atoms with Gasteiger partial charge in [0.15, 0.2) is 0 Å². The van der Waals surface area contributed by atoms with Crippen LogP contribution in [0.2, 0.25) is 0 Å². The molecule has 2 aromatic heterocycles. The van der Waals surface area contributed by atoms with Crippen LogP contribution >= 0.6 is 0 Å². The molecule has 2 N–H and O–H groups in total. The van der Waals surface area contributed by atoms with Gasteiger partial charge in [-0.1, -0.05) is 6.07 Å². The van der Waals surface area contributed by atoms with Gasteiger partial charge < -0.3 is 10.2 Å². The van der Waals surface area contributed by atoms with Gasteiger partial charge in [-0.25, -0.2) is 4.98 Å². The molecule has 3 aromatic rings.